The molecule has 1 aliphatic heterocycles. The molecule has 0 saturated carbocycles. The van der Waals surface area contributed by atoms with E-state index in [2.05, 4.69) is 0 Å². The molecule has 1 aliphatic rings. The summed E-state index contributed by atoms with van der Waals surface area (Å²) in [4.78, 5) is 0.254. The Morgan fingerprint density at radius 1 is 0.808 bits per heavy atom. The minimum absolute atomic E-state index is 0.254. The van der Waals surface area contributed by atoms with Crippen molar-refractivity contribution >= 4 is 10.1 Å². The van der Waals surface area contributed by atoms with Crippen LogP contribution in [0.3, 0.4) is 0 Å². The number of hydrogen-bond acceptors (Lipinski definition) is 5. The van der Waals surface area contributed by atoms with Gasteiger partial charge in [-0.2, -0.15) is 8.42 Å². The summed E-state index contributed by atoms with van der Waals surface area (Å²) in [6.07, 6.45) is -0.396. The van der Waals surface area contributed by atoms with Crippen LogP contribution in [0.1, 0.15) is 39.7 Å². The van der Waals surface area contributed by atoms with Gasteiger partial charge in [-0.15, -0.1) is 0 Å². The topological polar surface area (TPSA) is 61.8 Å². The Labute approximate surface area is 155 Å². The molecule has 0 atom stereocenters. The van der Waals surface area contributed by atoms with E-state index in [0.717, 1.165) is 33.4 Å². The van der Waals surface area contributed by atoms with Crippen molar-refractivity contribution < 1.29 is 22.1 Å². The van der Waals surface area contributed by atoms with E-state index in [4.69, 9.17) is 13.7 Å². The molecule has 2 aromatic carbocycles. The molecule has 0 bridgehead atoms. The van der Waals surface area contributed by atoms with Gasteiger partial charge in [0.1, 0.15) is 10.6 Å². The number of hydrogen-bond donors (Lipinski definition) is 0. The number of ether oxygens (including phenoxy) is 2. The second-order valence-electron chi connectivity index (χ2n) is 6.63. The Morgan fingerprint density at radius 2 is 1.27 bits per heavy atom. The summed E-state index contributed by atoms with van der Waals surface area (Å²) >= 11 is 0. The Hall–Kier alpha value is -1.89. The Bertz CT molecular complexity index is 895. The highest BCUT2D eigenvalue weighted by molar-refractivity contribution is 7.87. The molecule has 5 nitrogen and oxygen atoms in total. The third-order valence-corrected chi connectivity index (χ3v) is 6.69. The van der Waals surface area contributed by atoms with Crippen LogP contribution in [0.4, 0.5) is 0 Å². The monoisotopic (exact) mass is 376 g/mol. The van der Waals surface area contributed by atoms with Gasteiger partial charge in [-0.1, -0.05) is 12.1 Å². The maximum atomic E-state index is 12.9. The Morgan fingerprint density at radius 3 is 1.77 bits per heavy atom. The fourth-order valence-electron chi connectivity index (χ4n) is 3.24. The molecule has 0 spiro atoms. The van der Waals surface area contributed by atoms with Gasteiger partial charge in [-0.3, -0.25) is 0 Å². The molecule has 0 N–H and O–H groups in total. The van der Waals surface area contributed by atoms with Crippen LogP contribution >= 0.6 is 0 Å². The fourth-order valence-corrected chi connectivity index (χ4v) is 4.74. The van der Waals surface area contributed by atoms with Crippen LogP contribution in [-0.2, 0) is 19.6 Å². The SMILES string of the molecule is Cc1c(C)c(C)c(S(=O)(=O)Oc2ccc(C3OCCO3)cc2)c(C)c1C. The van der Waals surface area contributed by atoms with Crippen molar-refractivity contribution in [2.24, 2.45) is 0 Å². The van der Waals surface area contributed by atoms with Crippen LogP contribution in [-0.4, -0.2) is 21.6 Å². The van der Waals surface area contributed by atoms with Crippen LogP contribution in [0.2, 0.25) is 0 Å². The molecule has 0 aromatic heterocycles. The summed E-state index contributed by atoms with van der Waals surface area (Å²) in [5.41, 5.74) is 5.36. The van der Waals surface area contributed by atoms with Gasteiger partial charge in [-0.25, -0.2) is 0 Å². The Kier molecular flexibility index (Phi) is 5.10. The summed E-state index contributed by atoms with van der Waals surface area (Å²) in [5.74, 6) is 0.265. The lowest BCUT2D eigenvalue weighted by Crippen LogP contribution is -2.15. The quantitative estimate of drug-likeness (QED) is 0.754. The number of benzene rings is 2. The van der Waals surface area contributed by atoms with Crippen molar-refractivity contribution in [2.45, 2.75) is 45.8 Å². The van der Waals surface area contributed by atoms with Gasteiger partial charge in [0.05, 0.1) is 13.2 Å². The maximum Gasteiger partial charge on any atom is 0.339 e. The molecule has 26 heavy (non-hydrogen) atoms. The number of rotatable bonds is 4. The summed E-state index contributed by atoms with van der Waals surface area (Å²) in [6, 6.07) is 6.76. The van der Waals surface area contributed by atoms with Crippen LogP contribution in [0.15, 0.2) is 29.2 Å². The van der Waals surface area contributed by atoms with Gasteiger partial charge in [0.2, 0.25) is 0 Å². The molecule has 0 aliphatic carbocycles. The maximum absolute atomic E-state index is 12.9. The van der Waals surface area contributed by atoms with Gasteiger partial charge >= 0.3 is 10.1 Å². The molecule has 1 fully saturated rings. The second kappa shape index (κ2) is 7.02. The molecule has 6 heteroatoms. The first kappa shape index (κ1) is 18.9. The van der Waals surface area contributed by atoms with E-state index in [1.165, 1.54) is 0 Å². The summed E-state index contributed by atoms with van der Waals surface area (Å²) in [6.45, 7) is 10.6. The molecule has 1 heterocycles. The van der Waals surface area contributed by atoms with Crippen molar-refractivity contribution in [3.63, 3.8) is 0 Å². The van der Waals surface area contributed by atoms with Crippen LogP contribution in [0.5, 0.6) is 5.75 Å². The first-order valence-electron chi connectivity index (χ1n) is 8.57. The van der Waals surface area contributed by atoms with Crippen molar-refractivity contribution in [3.05, 3.63) is 57.6 Å². The lowest BCUT2D eigenvalue weighted by Gasteiger charge is -2.18. The van der Waals surface area contributed by atoms with E-state index in [9.17, 15) is 8.42 Å². The van der Waals surface area contributed by atoms with Crippen LogP contribution in [0.25, 0.3) is 0 Å². The third kappa shape index (κ3) is 3.37. The van der Waals surface area contributed by atoms with Crippen LogP contribution < -0.4 is 4.18 Å². The normalized spacial score (nSPS) is 15.4. The zero-order valence-corrected chi connectivity index (χ0v) is 16.6. The first-order chi connectivity index (χ1) is 12.2. The summed E-state index contributed by atoms with van der Waals surface area (Å²) < 4.78 is 42.1. The predicted octanol–water partition coefficient (Wildman–Crippen LogP) is 4.04. The van der Waals surface area contributed by atoms with E-state index in [1.807, 2.05) is 34.6 Å². The highest BCUT2D eigenvalue weighted by atomic mass is 32.2. The molecule has 1 saturated heterocycles. The lowest BCUT2D eigenvalue weighted by atomic mass is 9.95. The van der Waals surface area contributed by atoms with E-state index >= 15 is 0 Å². The molecule has 3 rings (SSSR count). The fraction of sp³-hybridized carbons (Fsp3) is 0.400. The van der Waals surface area contributed by atoms with Crippen molar-refractivity contribution in [1.82, 2.24) is 0 Å². The van der Waals surface area contributed by atoms with Crippen molar-refractivity contribution in [3.8, 4) is 5.75 Å². The molecule has 140 valence electrons. The molecular weight excluding hydrogens is 352 g/mol. The van der Waals surface area contributed by atoms with Crippen LogP contribution in [0, 0.1) is 34.6 Å². The predicted molar refractivity (Wildman–Crippen MR) is 99.0 cm³/mol. The largest absolute Gasteiger partial charge is 0.379 e. The van der Waals surface area contributed by atoms with E-state index < -0.39 is 16.4 Å². The highest BCUT2D eigenvalue weighted by Crippen LogP contribution is 2.32. The Balaban J connectivity index is 1.92. The van der Waals surface area contributed by atoms with Gasteiger partial charge < -0.3 is 13.7 Å². The van der Waals surface area contributed by atoms with Crippen molar-refractivity contribution in [2.75, 3.05) is 13.2 Å². The standard InChI is InChI=1S/C20H24O5S/c1-12-13(2)15(4)19(16(5)14(12)3)26(21,22)25-18-8-6-17(7-9-18)20-23-10-11-24-20/h6-9,20H,10-11H2,1-5H3. The third-order valence-electron chi connectivity index (χ3n) is 5.16. The molecule has 0 radical (unpaired) electrons. The summed E-state index contributed by atoms with van der Waals surface area (Å²) in [5, 5.41) is 0. The van der Waals surface area contributed by atoms with E-state index in [-0.39, 0.29) is 10.6 Å². The average molecular weight is 376 g/mol. The van der Waals surface area contributed by atoms with Gasteiger partial charge in [0.15, 0.2) is 6.29 Å². The van der Waals surface area contributed by atoms with E-state index in [1.54, 1.807) is 24.3 Å². The average Bonchev–Trinajstić information content (AvgIpc) is 3.13. The summed E-state index contributed by atoms with van der Waals surface area (Å²) in [7, 11) is -3.93. The molecular formula is C20H24O5S. The highest BCUT2D eigenvalue weighted by Gasteiger charge is 2.26. The second-order valence-corrected chi connectivity index (χ2v) is 8.12. The molecule has 0 unspecified atom stereocenters. The smallest absolute Gasteiger partial charge is 0.339 e. The zero-order valence-electron chi connectivity index (χ0n) is 15.8. The molecule has 2 aromatic rings. The lowest BCUT2D eigenvalue weighted by molar-refractivity contribution is -0.0441. The molecule has 0 amide bonds. The van der Waals surface area contributed by atoms with Gasteiger partial charge in [0, 0.05) is 5.56 Å². The minimum atomic E-state index is -3.93. The minimum Gasteiger partial charge on any atom is -0.379 e. The van der Waals surface area contributed by atoms with E-state index in [0.29, 0.717) is 13.2 Å². The zero-order chi connectivity index (χ0) is 19.1. The van der Waals surface area contributed by atoms with Crippen molar-refractivity contribution in [1.29, 1.82) is 0 Å². The van der Waals surface area contributed by atoms with Gasteiger partial charge in [-0.05, 0) is 74.6 Å². The first-order valence-corrected chi connectivity index (χ1v) is 9.98. The van der Waals surface area contributed by atoms with Gasteiger partial charge in [0.25, 0.3) is 0 Å².